The van der Waals surface area contributed by atoms with Crippen LogP contribution in [0.4, 0.5) is 23.0 Å². The third-order valence-corrected chi connectivity index (χ3v) is 3.83. The van der Waals surface area contributed by atoms with Crippen LogP contribution in [-0.2, 0) is 6.54 Å². The van der Waals surface area contributed by atoms with E-state index in [4.69, 9.17) is 22.1 Å². The summed E-state index contributed by atoms with van der Waals surface area (Å²) in [7, 11) is 1.64. The van der Waals surface area contributed by atoms with Crippen molar-refractivity contribution in [2.24, 2.45) is 0 Å². The van der Waals surface area contributed by atoms with Gasteiger partial charge in [0.1, 0.15) is 17.8 Å². The first-order chi connectivity index (χ1) is 12.2. The summed E-state index contributed by atoms with van der Waals surface area (Å²) in [6.07, 6.45) is 1.46. The molecule has 0 bridgehead atoms. The molecular weight excluding hydrogens is 338 g/mol. The summed E-state index contributed by atoms with van der Waals surface area (Å²) in [5.41, 5.74) is 8.51. The molecule has 128 valence electrons. The molecule has 7 heteroatoms. The highest BCUT2D eigenvalue weighted by atomic mass is 35.5. The van der Waals surface area contributed by atoms with Gasteiger partial charge >= 0.3 is 0 Å². The summed E-state index contributed by atoms with van der Waals surface area (Å²) in [4.78, 5) is 8.40. The maximum atomic E-state index is 6.18. The van der Waals surface area contributed by atoms with Crippen LogP contribution in [0.25, 0.3) is 0 Å². The quantitative estimate of drug-likeness (QED) is 0.618. The summed E-state index contributed by atoms with van der Waals surface area (Å²) in [6.45, 7) is 0.585. The second-order valence-corrected chi connectivity index (χ2v) is 5.76. The van der Waals surface area contributed by atoms with E-state index in [-0.39, 0.29) is 0 Å². The molecule has 2 aromatic carbocycles. The number of ether oxygens (including phenoxy) is 1. The first-order valence-corrected chi connectivity index (χ1v) is 8.03. The van der Waals surface area contributed by atoms with Crippen LogP contribution in [0.5, 0.6) is 5.75 Å². The Hall–Kier alpha value is -2.99. The fraction of sp³-hybridized carbons (Fsp3) is 0.111. The predicted molar refractivity (Wildman–Crippen MR) is 101 cm³/mol. The Labute approximate surface area is 151 Å². The molecule has 0 unspecified atom stereocenters. The highest BCUT2D eigenvalue weighted by molar-refractivity contribution is 6.30. The number of nitrogens with zero attached hydrogens (tertiary/aromatic N) is 2. The molecule has 0 saturated carbocycles. The number of halogens is 1. The zero-order valence-corrected chi connectivity index (χ0v) is 14.4. The minimum atomic E-state index is 0.441. The Bertz CT molecular complexity index is 854. The number of aromatic nitrogens is 2. The zero-order chi connectivity index (χ0) is 17.6. The van der Waals surface area contributed by atoms with Gasteiger partial charge in [0, 0.05) is 17.3 Å². The SMILES string of the molecule is COc1ccc(CNc2ncnc(Nc3cccc(Cl)c3)c2N)cc1. The zero-order valence-electron chi connectivity index (χ0n) is 13.7. The molecule has 25 heavy (non-hydrogen) atoms. The number of anilines is 4. The van der Waals surface area contributed by atoms with Crippen molar-refractivity contribution >= 4 is 34.6 Å². The van der Waals surface area contributed by atoms with Crippen molar-refractivity contribution in [3.05, 3.63) is 65.4 Å². The molecule has 0 atom stereocenters. The van der Waals surface area contributed by atoms with Crippen molar-refractivity contribution in [1.29, 1.82) is 0 Å². The van der Waals surface area contributed by atoms with Crippen molar-refractivity contribution in [1.82, 2.24) is 9.97 Å². The van der Waals surface area contributed by atoms with Crippen LogP contribution in [0, 0.1) is 0 Å². The number of rotatable bonds is 6. The predicted octanol–water partition coefficient (Wildman–Crippen LogP) is 4.08. The molecule has 0 radical (unpaired) electrons. The molecule has 3 rings (SSSR count). The molecule has 4 N–H and O–H groups in total. The number of benzene rings is 2. The lowest BCUT2D eigenvalue weighted by Crippen LogP contribution is -2.08. The van der Waals surface area contributed by atoms with Crippen LogP contribution in [-0.4, -0.2) is 17.1 Å². The van der Waals surface area contributed by atoms with Crippen LogP contribution >= 0.6 is 11.6 Å². The molecule has 6 nitrogen and oxygen atoms in total. The normalized spacial score (nSPS) is 10.3. The Balaban J connectivity index is 1.71. The minimum absolute atomic E-state index is 0.441. The van der Waals surface area contributed by atoms with Gasteiger partial charge in [-0.15, -0.1) is 0 Å². The molecule has 1 aromatic heterocycles. The summed E-state index contributed by atoms with van der Waals surface area (Å²) in [5.74, 6) is 1.91. The monoisotopic (exact) mass is 355 g/mol. The van der Waals surface area contributed by atoms with Gasteiger partial charge in [0.2, 0.25) is 0 Å². The highest BCUT2D eigenvalue weighted by Crippen LogP contribution is 2.27. The number of methoxy groups -OCH3 is 1. The summed E-state index contributed by atoms with van der Waals surface area (Å²) < 4.78 is 5.15. The average molecular weight is 356 g/mol. The second kappa shape index (κ2) is 7.72. The Morgan fingerprint density at radius 1 is 1.08 bits per heavy atom. The van der Waals surface area contributed by atoms with Gasteiger partial charge in [0.15, 0.2) is 11.6 Å². The third-order valence-electron chi connectivity index (χ3n) is 3.59. The van der Waals surface area contributed by atoms with E-state index in [0.29, 0.717) is 28.9 Å². The first kappa shape index (κ1) is 16.9. The van der Waals surface area contributed by atoms with Crippen LogP contribution in [0.1, 0.15) is 5.56 Å². The van der Waals surface area contributed by atoms with E-state index < -0.39 is 0 Å². The van der Waals surface area contributed by atoms with E-state index in [9.17, 15) is 0 Å². The third kappa shape index (κ3) is 4.30. The molecule has 0 spiro atoms. The van der Waals surface area contributed by atoms with Gasteiger partial charge in [-0.2, -0.15) is 0 Å². The smallest absolute Gasteiger partial charge is 0.159 e. The largest absolute Gasteiger partial charge is 0.497 e. The van der Waals surface area contributed by atoms with Crippen LogP contribution in [0.3, 0.4) is 0 Å². The van der Waals surface area contributed by atoms with Gasteiger partial charge in [-0.05, 0) is 35.9 Å². The van der Waals surface area contributed by atoms with E-state index in [2.05, 4.69) is 20.6 Å². The summed E-state index contributed by atoms with van der Waals surface area (Å²) >= 11 is 6.00. The fourth-order valence-corrected chi connectivity index (χ4v) is 2.46. The maximum absolute atomic E-state index is 6.18. The second-order valence-electron chi connectivity index (χ2n) is 5.32. The number of hydrogen-bond acceptors (Lipinski definition) is 6. The lowest BCUT2D eigenvalue weighted by Gasteiger charge is -2.13. The summed E-state index contributed by atoms with van der Waals surface area (Å²) in [6, 6.07) is 15.1. The van der Waals surface area contributed by atoms with Crippen molar-refractivity contribution < 1.29 is 4.74 Å². The number of nitrogens with one attached hydrogen (secondary N) is 2. The van der Waals surface area contributed by atoms with Gasteiger partial charge in [-0.3, -0.25) is 0 Å². The van der Waals surface area contributed by atoms with E-state index in [1.54, 1.807) is 19.2 Å². The summed E-state index contributed by atoms with van der Waals surface area (Å²) in [5, 5.41) is 7.01. The van der Waals surface area contributed by atoms with Crippen molar-refractivity contribution in [3.8, 4) is 5.75 Å². The Morgan fingerprint density at radius 3 is 2.56 bits per heavy atom. The van der Waals surface area contributed by atoms with Crippen molar-refractivity contribution in [2.75, 3.05) is 23.5 Å². The van der Waals surface area contributed by atoms with Crippen LogP contribution in [0.2, 0.25) is 5.02 Å². The first-order valence-electron chi connectivity index (χ1n) is 7.65. The lowest BCUT2D eigenvalue weighted by molar-refractivity contribution is 0.414. The molecule has 0 fully saturated rings. The van der Waals surface area contributed by atoms with Gasteiger partial charge in [0.25, 0.3) is 0 Å². The molecule has 0 aliphatic carbocycles. The Morgan fingerprint density at radius 2 is 1.84 bits per heavy atom. The van der Waals surface area contributed by atoms with E-state index >= 15 is 0 Å². The standard InChI is InChI=1S/C18H18ClN5O/c1-25-15-7-5-12(6-8-15)10-21-17-16(20)18(23-11-22-17)24-14-4-2-3-13(19)9-14/h2-9,11H,10,20H2,1H3,(H2,21,22,23,24). The van der Waals surface area contributed by atoms with Gasteiger partial charge in [-0.1, -0.05) is 29.8 Å². The minimum Gasteiger partial charge on any atom is -0.497 e. The van der Waals surface area contributed by atoms with E-state index in [1.165, 1.54) is 6.33 Å². The Kier molecular flexibility index (Phi) is 5.20. The fourth-order valence-electron chi connectivity index (χ4n) is 2.27. The molecular formula is C18H18ClN5O. The van der Waals surface area contributed by atoms with Crippen LogP contribution < -0.4 is 21.1 Å². The van der Waals surface area contributed by atoms with E-state index in [1.807, 2.05) is 36.4 Å². The van der Waals surface area contributed by atoms with Crippen molar-refractivity contribution in [2.45, 2.75) is 6.54 Å². The molecule has 0 aliphatic heterocycles. The topological polar surface area (TPSA) is 85.1 Å². The van der Waals surface area contributed by atoms with Gasteiger partial charge < -0.3 is 21.1 Å². The van der Waals surface area contributed by atoms with Gasteiger partial charge in [-0.25, -0.2) is 9.97 Å². The molecule has 0 saturated heterocycles. The molecule has 3 aromatic rings. The number of nitrogens with two attached hydrogens (primary N) is 1. The molecule has 1 heterocycles. The number of hydrogen-bond donors (Lipinski definition) is 3. The van der Waals surface area contributed by atoms with Crippen LogP contribution in [0.15, 0.2) is 54.9 Å². The van der Waals surface area contributed by atoms with Crippen molar-refractivity contribution in [3.63, 3.8) is 0 Å². The lowest BCUT2D eigenvalue weighted by atomic mass is 10.2. The average Bonchev–Trinajstić information content (AvgIpc) is 2.63. The number of nitrogen functional groups attached to an aromatic ring is 1. The van der Waals surface area contributed by atoms with Gasteiger partial charge in [0.05, 0.1) is 7.11 Å². The highest BCUT2D eigenvalue weighted by Gasteiger charge is 2.08. The molecule has 0 amide bonds. The van der Waals surface area contributed by atoms with E-state index in [0.717, 1.165) is 17.0 Å². The maximum Gasteiger partial charge on any atom is 0.159 e. The molecule has 0 aliphatic rings.